The zero-order chi connectivity index (χ0) is 13.1. The van der Waals surface area contributed by atoms with E-state index in [2.05, 4.69) is 36.1 Å². The number of halogens is 1. The molecule has 98 valence electrons. The standard InChI is InChI=1S/C11H16BrN5O/c1-14-10(18)7-2-4-17(5-3-7)11-15-8(12)6-9(13)16-11/h6-7H,2-5H2,1H3,(H,14,18)(H2,13,15,16). The number of nitrogen functional groups attached to an aromatic ring is 1. The summed E-state index contributed by atoms with van der Waals surface area (Å²) in [6.07, 6.45) is 1.63. The minimum atomic E-state index is 0.0933. The first-order valence-electron chi connectivity index (χ1n) is 5.86. The molecular formula is C11H16BrN5O. The summed E-state index contributed by atoms with van der Waals surface area (Å²) in [6.45, 7) is 1.54. The van der Waals surface area contributed by atoms with Crippen LogP contribution in [0.15, 0.2) is 10.7 Å². The molecule has 18 heavy (non-hydrogen) atoms. The first-order valence-corrected chi connectivity index (χ1v) is 6.66. The Kier molecular flexibility index (Phi) is 4.00. The number of amides is 1. The predicted molar refractivity (Wildman–Crippen MR) is 73.1 cm³/mol. The second kappa shape index (κ2) is 5.51. The van der Waals surface area contributed by atoms with Gasteiger partial charge in [-0.15, -0.1) is 0 Å². The third-order valence-electron chi connectivity index (χ3n) is 3.10. The zero-order valence-corrected chi connectivity index (χ0v) is 11.8. The molecular weight excluding hydrogens is 298 g/mol. The third-order valence-corrected chi connectivity index (χ3v) is 3.50. The van der Waals surface area contributed by atoms with Gasteiger partial charge in [-0.1, -0.05) is 0 Å². The molecule has 0 spiro atoms. The summed E-state index contributed by atoms with van der Waals surface area (Å²) in [7, 11) is 1.67. The van der Waals surface area contributed by atoms with Crippen LogP contribution in [0.1, 0.15) is 12.8 Å². The van der Waals surface area contributed by atoms with E-state index in [0.29, 0.717) is 16.4 Å². The number of aromatic nitrogens is 2. The van der Waals surface area contributed by atoms with Gasteiger partial charge >= 0.3 is 0 Å². The highest BCUT2D eigenvalue weighted by Crippen LogP contribution is 2.22. The van der Waals surface area contributed by atoms with Crippen molar-refractivity contribution in [3.8, 4) is 0 Å². The topological polar surface area (TPSA) is 84.1 Å². The van der Waals surface area contributed by atoms with Crippen molar-refractivity contribution in [1.82, 2.24) is 15.3 Å². The highest BCUT2D eigenvalue weighted by molar-refractivity contribution is 9.10. The Bertz CT molecular complexity index is 425. The first-order chi connectivity index (χ1) is 8.60. The zero-order valence-electron chi connectivity index (χ0n) is 10.2. The fourth-order valence-corrected chi connectivity index (χ4v) is 2.50. The molecule has 1 aromatic rings. The number of nitrogens with one attached hydrogen (secondary N) is 1. The smallest absolute Gasteiger partial charge is 0.228 e. The number of carbonyl (C=O) groups is 1. The maximum atomic E-state index is 11.5. The molecule has 1 amide bonds. The van der Waals surface area contributed by atoms with Gasteiger partial charge in [-0.05, 0) is 28.8 Å². The Morgan fingerprint density at radius 1 is 1.50 bits per heavy atom. The minimum absolute atomic E-state index is 0.0933. The molecule has 6 nitrogen and oxygen atoms in total. The summed E-state index contributed by atoms with van der Waals surface area (Å²) in [5.41, 5.74) is 5.69. The number of hydrogen-bond acceptors (Lipinski definition) is 5. The maximum absolute atomic E-state index is 11.5. The number of hydrogen-bond donors (Lipinski definition) is 2. The lowest BCUT2D eigenvalue weighted by Crippen LogP contribution is -2.40. The summed E-state index contributed by atoms with van der Waals surface area (Å²) in [5.74, 6) is 1.28. The van der Waals surface area contributed by atoms with Crippen LogP contribution >= 0.6 is 15.9 Å². The summed E-state index contributed by atoms with van der Waals surface area (Å²) in [5, 5.41) is 2.69. The van der Waals surface area contributed by atoms with Gasteiger partial charge in [0.2, 0.25) is 11.9 Å². The van der Waals surface area contributed by atoms with E-state index in [1.54, 1.807) is 13.1 Å². The van der Waals surface area contributed by atoms with Gasteiger partial charge in [0.25, 0.3) is 0 Å². The lowest BCUT2D eigenvalue weighted by atomic mass is 9.96. The van der Waals surface area contributed by atoms with E-state index in [4.69, 9.17) is 5.73 Å². The fraction of sp³-hybridized carbons (Fsp3) is 0.545. The van der Waals surface area contributed by atoms with Gasteiger partial charge < -0.3 is 16.0 Å². The molecule has 3 N–H and O–H groups in total. The van der Waals surface area contributed by atoms with Crippen LogP contribution in [0.3, 0.4) is 0 Å². The lowest BCUT2D eigenvalue weighted by Gasteiger charge is -2.31. The molecule has 1 aromatic heterocycles. The minimum Gasteiger partial charge on any atom is -0.383 e. The Morgan fingerprint density at radius 2 is 2.17 bits per heavy atom. The van der Waals surface area contributed by atoms with Crippen molar-refractivity contribution in [3.05, 3.63) is 10.7 Å². The normalized spacial score (nSPS) is 16.7. The highest BCUT2D eigenvalue weighted by atomic mass is 79.9. The molecule has 0 saturated carbocycles. The van der Waals surface area contributed by atoms with Crippen LogP contribution in [0.4, 0.5) is 11.8 Å². The van der Waals surface area contributed by atoms with E-state index in [0.717, 1.165) is 25.9 Å². The van der Waals surface area contributed by atoms with E-state index in [9.17, 15) is 4.79 Å². The van der Waals surface area contributed by atoms with E-state index >= 15 is 0 Å². The van der Waals surface area contributed by atoms with Crippen molar-refractivity contribution in [2.45, 2.75) is 12.8 Å². The Balaban J connectivity index is 2.03. The van der Waals surface area contributed by atoms with Crippen LogP contribution in [-0.4, -0.2) is 36.0 Å². The van der Waals surface area contributed by atoms with E-state index < -0.39 is 0 Å². The van der Waals surface area contributed by atoms with Gasteiger partial charge in [-0.3, -0.25) is 4.79 Å². The number of piperidine rings is 1. The molecule has 0 radical (unpaired) electrons. The fourth-order valence-electron chi connectivity index (χ4n) is 2.11. The summed E-state index contributed by atoms with van der Waals surface area (Å²) >= 11 is 3.30. The van der Waals surface area contributed by atoms with Crippen LogP contribution in [-0.2, 0) is 4.79 Å². The van der Waals surface area contributed by atoms with E-state index in [-0.39, 0.29) is 11.8 Å². The van der Waals surface area contributed by atoms with Crippen molar-refractivity contribution in [3.63, 3.8) is 0 Å². The number of nitrogens with two attached hydrogens (primary N) is 1. The maximum Gasteiger partial charge on any atom is 0.228 e. The van der Waals surface area contributed by atoms with Crippen molar-refractivity contribution in [2.75, 3.05) is 30.8 Å². The highest BCUT2D eigenvalue weighted by Gasteiger charge is 2.25. The molecule has 0 unspecified atom stereocenters. The second-order valence-corrected chi connectivity index (χ2v) is 5.10. The van der Waals surface area contributed by atoms with Crippen molar-refractivity contribution >= 4 is 33.6 Å². The van der Waals surface area contributed by atoms with E-state index in [1.165, 1.54) is 0 Å². The molecule has 0 aliphatic carbocycles. The average Bonchev–Trinajstić information content (AvgIpc) is 2.37. The van der Waals surface area contributed by atoms with Gasteiger partial charge in [0.15, 0.2) is 0 Å². The van der Waals surface area contributed by atoms with Gasteiger partial charge in [0.05, 0.1) is 0 Å². The quantitative estimate of drug-likeness (QED) is 0.788. The van der Waals surface area contributed by atoms with Gasteiger partial charge in [-0.25, -0.2) is 4.98 Å². The Morgan fingerprint density at radius 3 is 2.72 bits per heavy atom. The van der Waals surface area contributed by atoms with Gasteiger partial charge in [0.1, 0.15) is 10.4 Å². The molecule has 7 heteroatoms. The number of rotatable bonds is 2. The summed E-state index contributed by atoms with van der Waals surface area (Å²) < 4.78 is 0.679. The second-order valence-electron chi connectivity index (χ2n) is 4.29. The lowest BCUT2D eigenvalue weighted by molar-refractivity contribution is -0.125. The van der Waals surface area contributed by atoms with Crippen LogP contribution in [0.2, 0.25) is 0 Å². The van der Waals surface area contributed by atoms with Crippen LogP contribution in [0.5, 0.6) is 0 Å². The third kappa shape index (κ3) is 2.90. The monoisotopic (exact) mass is 313 g/mol. The van der Waals surface area contributed by atoms with Crippen LogP contribution in [0, 0.1) is 5.92 Å². The molecule has 1 aliphatic heterocycles. The largest absolute Gasteiger partial charge is 0.383 e. The predicted octanol–water partition coefficient (Wildman–Crippen LogP) is 0.784. The molecule has 2 heterocycles. The Hall–Kier alpha value is -1.37. The van der Waals surface area contributed by atoms with Crippen molar-refractivity contribution in [1.29, 1.82) is 0 Å². The van der Waals surface area contributed by atoms with Gasteiger partial charge in [0, 0.05) is 32.1 Å². The molecule has 0 aromatic carbocycles. The summed E-state index contributed by atoms with van der Waals surface area (Å²) in [4.78, 5) is 22.1. The van der Waals surface area contributed by atoms with E-state index in [1.807, 2.05) is 0 Å². The molecule has 1 fully saturated rings. The SMILES string of the molecule is CNC(=O)C1CCN(c2nc(N)cc(Br)n2)CC1. The van der Waals surface area contributed by atoms with Crippen molar-refractivity contribution < 1.29 is 4.79 Å². The average molecular weight is 314 g/mol. The molecule has 2 rings (SSSR count). The molecule has 1 aliphatic rings. The van der Waals surface area contributed by atoms with Crippen LogP contribution < -0.4 is 16.0 Å². The molecule has 0 bridgehead atoms. The first kappa shape index (κ1) is 13.1. The Labute approximate surface area is 114 Å². The molecule has 0 atom stereocenters. The number of anilines is 2. The number of nitrogens with zero attached hydrogens (tertiary/aromatic N) is 3. The summed E-state index contributed by atoms with van der Waals surface area (Å²) in [6, 6.07) is 1.67. The van der Waals surface area contributed by atoms with Crippen molar-refractivity contribution in [2.24, 2.45) is 5.92 Å². The number of carbonyl (C=O) groups excluding carboxylic acids is 1. The van der Waals surface area contributed by atoms with Gasteiger partial charge in [-0.2, -0.15) is 4.98 Å². The van der Waals surface area contributed by atoms with Crippen LogP contribution in [0.25, 0.3) is 0 Å². The molecule has 1 saturated heterocycles.